The van der Waals surface area contributed by atoms with Gasteiger partial charge in [-0.05, 0) is 30.3 Å². The second-order valence-corrected chi connectivity index (χ2v) is 6.55. The Balaban J connectivity index is 1.56. The average molecular weight is 370 g/mol. The molecule has 3 N–H and O–H groups in total. The predicted octanol–water partition coefficient (Wildman–Crippen LogP) is 4.20. The van der Waals surface area contributed by atoms with E-state index in [2.05, 4.69) is 15.3 Å². The van der Waals surface area contributed by atoms with Gasteiger partial charge >= 0.3 is 0 Å². The standard InChI is InChI=1S/C21H18N6O/c1-26(22)16-7-4-6-15(12-16)25-20-21-24-13-17(27(21)10-9-23-20)19-11-14-5-2-3-8-18(14)28-19/h2-13H,22H2,1H3,(H,23,25). The fourth-order valence-corrected chi connectivity index (χ4v) is 3.24. The SMILES string of the molecule is CN(N)c1cccc(Nc2nccn3c(-c4cc5ccccc5o4)cnc23)c1. The van der Waals surface area contributed by atoms with Gasteiger partial charge in [0.1, 0.15) is 11.3 Å². The third-order valence-electron chi connectivity index (χ3n) is 4.62. The molecule has 0 fully saturated rings. The molecule has 3 heterocycles. The lowest BCUT2D eigenvalue weighted by Crippen LogP contribution is -2.24. The van der Waals surface area contributed by atoms with Gasteiger partial charge in [0.2, 0.25) is 0 Å². The smallest absolute Gasteiger partial charge is 0.181 e. The molecule has 138 valence electrons. The minimum absolute atomic E-state index is 0.654. The quantitative estimate of drug-likeness (QED) is 0.364. The van der Waals surface area contributed by atoms with Crippen LogP contribution in [0.15, 0.2) is 77.6 Å². The van der Waals surface area contributed by atoms with Crippen LogP contribution in [0.4, 0.5) is 17.2 Å². The summed E-state index contributed by atoms with van der Waals surface area (Å²) >= 11 is 0. The normalized spacial score (nSPS) is 11.2. The zero-order chi connectivity index (χ0) is 19.1. The van der Waals surface area contributed by atoms with E-state index in [1.807, 2.05) is 65.2 Å². The van der Waals surface area contributed by atoms with E-state index >= 15 is 0 Å². The van der Waals surface area contributed by atoms with E-state index in [0.29, 0.717) is 11.5 Å². The molecule has 7 heteroatoms. The van der Waals surface area contributed by atoms with Crippen LogP contribution in [0.1, 0.15) is 0 Å². The van der Waals surface area contributed by atoms with Gasteiger partial charge in [-0.1, -0.05) is 24.3 Å². The highest BCUT2D eigenvalue weighted by Gasteiger charge is 2.14. The maximum Gasteiger partial charge on any atom is 0.181 e. The van der Waals surface area contributed by atoms with Crippen molar-refractivity contribution in [3.05, 3.63) is 73.2 Å². The van der Waals surface area contributed by atoms with Gasteiger partial charge in [0, 0.05) is 30.5 Å². The van der Waals surface area contributed by atoms with Crippen LogP contribution < -0.4 is 16.2 Å². The molecule has 7 nitrogen and oxygen atoms in total. The van der Waals surface area contributed by atoms with Crippen LogP contribution in [-0.2, 0) is 0 Å². The maximum absolute atomic E-state index is 6.00. The number of fused-ring (bicyclic) bond motifs is 2. The van der Waals surface area contributed by atoms with Crippen LogP contribution in [0.3, 0.4) is 0 Å². The topological polar surface area (TPSA) is 84.6 Å². The molecule has 3 aromatic heterocycles. The molecule has 0 saturated carbocycles. The number of para-hydroxylation sites is 1. The van der Waals surface area contributed by atoms with Crippen molar-refractivity contribution in [1.82, 2.24) is 14.4 Å². The van der Waals surface area contributed by atoms with Crippen LogP contribution in [0.25, 0.3) is 28.1 Å². The number of hydrogen-bond donors (Lipinski definition) is 2. The maximum atomic E-state index is 6.00. The lowest BCUT2D eigenvalue weighted by atomic mass is 10.2. The van der Waals surface area contributed by atoms with Gasteiger partial charge in [-0.2, -0.15) is 0 Å². The Morgan fingerprint density at radius 2 is 1.96 bits per heavy atom. The Hall–Kier alpha value is -3.84. The molecule has 0 aliphatic carbocycles. The van der Waals surface area contributed by atoms with Crippen LogP contribution in [-0.4, -0.2) is 21.4 Å². The summed E-state index contributed by atoms with van der Waals surface area (Å²) in [6, 6.07) is 17.8. The lowest BCUT2D eigenvalue weighted by Gasteiger charge is -2.14. The van der Waals surface area contributed by atoms with E-state index in [-0.39, 0.29) is 0 Å². The first-order valence-corrected chi connectivity index (χ1v) is 8.85. The van der Waals surface area contributed by atoms with Gasteiger partial charge < -0.3 is 14.7 Å². The van der Waals surface area contributed by atoms with Crippen molar-refractivity contribution >= 4 is 33.8 Å². The largest absolute Gasteiger partial charge is 0.454 e. The van der Waals surface area contributed by atoms with E-state index < -0.39 is 0 Å². The van der Waals surface area contributed by atoms with E-state index in [1.165, 1.54) is 0 Å². The molecule has 0 amide bonds. The molecule has 5 aromatic rings. The summed E-state index contributed by atoms with van der Waals surface area (Å²) in [4.78, 5) is 9.02. The number of benzene rings is 2. The summed E-state index contributed by atoms with van der Waals surface area (Å²) in [5, 5.41) is 5.95. The molecule has 0 unspecified atom stereocenters. The minimum atomic E-state index is 0.654. The molecular formula is C21H18N6O. The summed E-state index contributed by atoms with van der Waals surface area (Å²) < 4.78 is 7.96. The van der Waals surface area contributed by atoms with E-state index in [9.17, 15) is 0 Å². The zero-order valence-electron chi connectivity index (χ0n) is 15.2. The van der Waals surface area contributed by atoms with E-state index in [1.54, 1.807) is 24.5 Å². The number of furan rings is 1. The average Bonchev–Trinajstić information content (AvgIpc) is 3.32. The summed E-state index contributed by atoms with van der Waals surface area (Å²) in [5.74, 6) is 7.25. The van der Waals surface area contributed by atoms with Gasteiger partial charge in [-0.3, -0.25) is 4.40 Å². The summed E-state index contributed by atoms with van der Waals surface area (Å²) in [6.07, 6.45) is 5.41. The monoisotopic (exact) mass is 370 g/mol. The van der Waals surface area contributed by atoms with Crippen molar-refractivity contribution in [2.75, 3.05) is 17.4 Å². The van der Waals surface area contributed by atoms with Crippen molar-refractivity contribution in [3.63, 3.8) is 0 Å². The van der Waals surface area contributed by atoms with Crippen LogP contribution in [0.2, 0.25) is 0 Å². The first-order chi connectivity index (χ1) is 13.7. The number of rotatable bonds is 4. The molecule has 5 rings (SSSR count). The fourth-order valence-electron chi connectivity index (χ4n) is 3.24. The first kappa shape index (κ1) is 16.3. The number of aromatic nitrogens is 3. The number of hydrogen-bond acceptors (Lipinski definition) is 6. The van der Waals surface area contributed by atoms with Gasteiger partial charge in [-0.25, -0.2) is 15.8 Å². The summed E-state index contributed by atoms with van der Waals surface area (Å²) in [7, 11) is 1.80. The number of imidazole rings is 1. The number of nitrogens with one attached hydrogen (secondary N) is 1. The highest BCUT2D eigenvalue weighted by molar-refractivity contribution is 5.83. The molecule has 0 aliphatic heterocycles. The van der Waals surface area contributed by atoms with Crippen molar-refractivity contribution in [3.8, 4) is 11.5 Å². The number of anilines is 3. The predicted molar refractivity (Wildman–Crippen MR) is 111 cm³/mol. The molecule has 0 bridgehead atoms. The molecule has 0 atom stereocenters. The zero-order valence-corrected chi connectivity index (χ0v) is 15.2. The van der Waals surface area contributed by atoms with E-state index in [0.717, 1.165) is 33.8 Å². The molecule has 0 aliphatic rings. The van der Waals surface area contributed by atoms with Crippen molar-refractivity contribution in [2.45, 2.75) is 0 Å². The number of nitrogens with zero attached hydrogens (tertiary/aromatic N) is 4. The highest BCUT2D eigenvalue weighted by atomic mass is 16.3. The molecule has 2 aromatic carbocycles. The van der Waals surface area contributed by atoms with Crippen LogP contribution in [0, 0.1) is 0 Å². The van der Waals surface area contributed by atoms with Gasteiger partial charge in [0.25, 0.3) is 0 Å². The Kier molecular flexibility index (Phi) is 3.73. The third-order valence-corrected chi connectivity index (χ3v) is 4.62. The molecule has 0 spiro atoms. The fraction of sp³-hybridized carbons (Fsp3) is 0.0476. The molecular weight excluding hydrogens is 352 g/mol. The van der Waals surface area contributed by atoms with Gasteiger partial charge in [0.05, 0.1) is 11.9 Å². The lowest BCUT2D eigenvalue weighted by molar-refractivity contribution is 0.628. The second kappa shape index (κ2) is 6.40. The van der Waals surface area contributed by atoms with Gasteiger partial charge in [0.15, 0.2) is 17.2 Å². The Morgan fingerprint density at radius 3 is 2.82 bits per heavy atom. The number of hydrazine groups is 1. The Labute approximate surface area is 161 Å². The van der Waals surface area contributed by atoms with Crippen molar-refractivity contribution < 1.29 is 4.42 Å². The van der Waals surface area contributed by atoms with Crippen molar-refractivity contribution in [2.24, 2.45) is 5.84 Å². The first-order valence-electron chi connectivity index (χ1n) is 8.85. The summed E-state index contributed by atoms with van der Waals surface area (Å²) in [6.45, 7) is 0. The number of nitrogens with two attached hydrogens (primary N) is 1. The molecule has 0 saturated heterocycles. The Bertz CT molecular complexity index is 1250. The van der Waals surface area contributed by atoms with Gasteiger partial charge in [-0.15, -0.1) is 0 Å². The van der Waals surface area contributed by atoms with E-state index in [4.69, 9.17) is 10.3 Å². The Morgan fingerprint density at radius 1 is 1.07 bits per heavy atom. The summed E-state index contributed by atoms with van der Waals surface area (Å²) in [5.41, 5.74) is 4.20. The second-order valence-electron chi connectivity index (χ2n) is 6.55. The van der Waals surface area contributed by atoms with Crippen LogP contribution >= 0.6 is 0 Å². The third kappa shape index (κ3) is 2.74. The highest BCUT2D eigenvalue weighted by Crippen LogP contribution is 2.30. The minimum Gasteiger partial charge on any atom is -0.454 e. The van der Waals surface area contributed by atoms with Crippen LogP contribution in [0.5, 0.6) is 0 Å². The molecule has 0 radical (unpaired) electrons. The molecule has 28 heavy (non-hydrogen) atoms. The van der Waals surface area contributed by atoms with Crippen molar-refractivity contribution in [1.29, 1.82) is 0 Å².